The largest absolute Gasteiger partial charge is 0.455 e. The molecule has 2 rings (SSSR count). The molecule has 0 heterocycles. The molecule has 7 heteroatoms. The lowest BCUT2D eigenvalue weighted by molar-refractivity contribution is -0.150. The van der Waals surface area contributed by atoms with Gasteiger partial charge in [0, 0.05) is 6.26 Å². The van der Waals surface area contributed by atoms with Gasteiger partial charge < -0.3 is 10.1 Å². The van der Waals surface area contributed by atoms with Crippen LogP contribution >= 0.6 is 0 Å². The lowest BCUT2D eigenvalue weighted by Crippen LogP contribution is -2.27. The molecule has 0 fully saturated rings. The molecule has 150 valence electrons. The predicted octanol–water partition coefficient (Wildman–Crippen LogP) is 3.40. The van der Waals surface area contributed by atoms with E-state index in [4.69, 9.17) is 4.74 Å². The molecule has 0 radical (unpaired) electrons. The Kier molecular flexibility index (Phi) is 7.34. The summed E-state index contributed by atoms with van der Waals surface area (Å²) in [4.78, 5) is 24.9. The lowest BCUT2D eigenvalue weighted by Gasteiger charge is -2.21. The molecule has 0 unspecified atom stereocenters. The SMILES string of the molecule is CC[C@@H](C)[C@@H](C(=O)OCC(=O)Nc1ccccc1S(C)(=O)=O)c1ccccc1. The summed E-state index contributed by atoms with van der Waals surface area (Å²) in [7, 11) is -3.50. The molecule has 28 heavy (non-hydrogen) atoms. The topological polar surface area (TPSA) is 89.5 Å². The maximum absolute atomic E-state index is 12.6. The zero-order chi connectivity index (χ0) is 20.7. The summed E-state index contributed by atoms with van der Waals surface area (Å²) < 4.78 is 28.9. The van der Waals surface area contributed by atoms with Crippen molar-refractivity contribution in [1.29, 1.82) is 0 Å². The first kappa shape index (κ1) is 21.6. The van der Waals surface area contributed by atoms with Gasteiger partial charge in [-0.15, -0.1) is 0 Å². The van der Waals surface area contributed by atoms with Gasteiger partial charge in [-0.2, -0.15) is 0 Å². The summed E-state index contributed by atoms with van der Waals surface area (Å²) >= 11 is 0. The molecule has 0 aliphatic heterocycles. The number of benzene rings is 2. The summed E-state index contributed by atoms with van der Waals surface area (Å²) in [5, 5.41) is 2.50. The highest BCUT2D eigenvalue weighted by atomic mass is 32.2. The van der Waals surface area contributed by atoms with Crippen LogP contribution in [0.2, 0.25) is 0 Å². The van der Waals surface area contributed by atoms with Gasteiger partial charge in [0.05, 0.1) is 16.5 Å². The summed E-state index contributed by atoms with van der Waals surface area (Å²) in [6, 6.07) is 15.4. The molecule has 0 aliphatic carbocycles. The van der Waals surface area contributed by atoms with Gasteiger partial charge in [0.2, 0.25) is 0 Å². The number of anilines is 1. The van der Waals surface area contributed by atoms with Crippen molar-refractivity contribution in [3.63, 3.8) is 0 Å². The third-order valence-corrected chi connectivity index (χ3v) is 5.69. The van der Waals surface area contributed by atoms with E-state index in [1.807, 2.05) is 44.2 Å². The Balaban J connectivity index is 2.07. The van der Waals surface area contributed by atoms with E-state index in [0.29, 0.717) is 0 Å². The van der Waals surface area contributed by atoms with Crippen LogP contribution in [0.3, 0.4) is 0 Å². The van der Waals surface area contributed by atoms with Gasteiger partial charge in [0.25, 0.3) is 5.91 Å². The fourth-order valence-electron chi connectivity index (χ4n) is 2.90. The first-order valence-corrected chi connectivity index (χ1v) is 10.9. The number of hydrogen-bond donors (Lipinski definition) is 1. The van der Waals surface area contributed by atoms with Gasteiger partial charge in [-0.3, -0.25) is 9.59 Å². The van der Waals surface area contributed by atoms with Crippen LogP contribution in [0.5, 0.6) is 0 Å². The van der Waals surface area contributed by atoms with Crippen LogP contribution in [0.4, 0.5) is 5.69 Å². The third kappa shape index (κ3) is 5.66. The Bertz CT molecular complexity index is 925. The van der Waals surface area contributed by atoms with Crippen LogP contribution in [0.1, 0.15) is 31.7 Å². The van der Waals surface area contributed by atoms with Crippen molar-refractivity contribution >= 4 is 27.4 Å². The molecule has 0 aliphatic rings. The molecular formula is C21H25NO5S. The van der Waals surface area contributed by atoms with Crippen molar-refractivity contribution in [3.05, 3.63) is 60.2 Å². The Hall–Kier alpha value is -2.67. The molecular weight excluding hydrogens is 378 g/mol. The maximum atomic E-state index is 12.6. The molecule has 2 aromatic rings. The highest BCUT2D eigenvalue weighted by Gasteiger charge is 2.28. The van der Waals surface area contributed by atoms with Crippen molar-refractivity contribution in [3.8, 4) is 0 Å². The lowest BCUT2D eigenvalue weighted by atomic mass is 9.86. The van der Waals surface area contributed by atoms with Crippen molar-refractivity contribution in [2.24, 2.45) is 5.92 Å². The first-order valence-electron chi connectivity index (χ1n) is 9.04. The molecule has 1 N–H and O–H groups in total. The Morgan fingerprint density at radius 3 is 2.25 bits per heavy atom. The number of sulfone groups is 1. The second kappa shape index (κ2) is 9.50. The number of esters is 1. The molecule has 0 saturated heterocycles. The molecule has 0 aromatic heterocycles. The predicted molar refractivity (Wildman–Crippen MR) is 108 cm³/mol. The van der Waals surface area contributed by atoms with E-state index in [1.165, 1.54) is 12.1 Å². The number of carbonyl (C=O) groups is 2. The summed E-state index contributed by atoms with van der Waals surface area (Å²) in [6.07, 6.45) is 1.84. The summed E-state index contributed by atoms with van der Waals surface area (Å²) in [6.45, 7) is 3.46. The number of para-hydroxylation sites is 1. The number of nitrogens with one attached hydrogen (secondary N) is 1. The normalized spacial score (nSPS) is 13.4. The van der Waals surface area contributed by atoms with Crippen molar-refractivity contribution in [1.82, 2.24) is 0 Å². The standard InChI is InChI=1S/C21H25NO5S/c1-4-15(2)20(16-10-6-5-7-11-16)21(24)27-14-19(23)22-17-12-8-9-13-18(17)28(3,25)26/h5-13,15,20H,4,14H2,1-3H3,(H,22,23)/t15-,20-/m1/s1. The van der Waals surface area contributed by atoms with Gasteiger partial charge >= 0.3 is 5.97 Å². The minimum Gasteiger partial charge on any atom is -0.455 e. The number of rotatable bonds is 8. The molecule has 0 spiro atoms. The molecule has 2 atom stereocenters. The average molecular weight is 404 g/mol. The van der Waals surface area contributed by atoms with E-state index >= 15 is 0 Å². The second-order valence-corrected chi connectivity index (χ2v) is 8.68. The molecule has 6 nitrogen and oxygen atoms in total. The van der Waals surface area contributed by atoms with Crippen molar-refractivity contribution in [2.45, 2.75) is 31.1 Å². The van der Waals surface area contributed by atoms with E-state index in [9.17, 15) is 18.0 Å². The van der Waals surface area contributed by atoms with Crippen LogP contribution in [0.25, 0.3) is 0 Å². The minimum absolute atomic E-state index is 0.0106. The van der Waals surface area contributed by atoms with Gasteiger partial charge in [-0.1, -0.05) is 62.7 Å². The van der Waals surface area contributed by atoms with Crippen molar-refractivity contribution < 1.29 is 22.7 Å². The van der Waals surface area contributed by atoms with E-state index < -0.39 is 34.2 Å². The number of hydrogen-bond acceptors (Lipinski definition) is 5. The smallest absolute Gasteiger partial charge is 0.314 e. The fraction of sp³-hybridized carbons (Fsp3) is 0.333. The Morgan fingerprint density at radius 2 is 1.64 bits per heavy atom. The average Bonchev–Trinajstić information content (AvgIpc) is 2.67. The van der Waals surface area contributed by atoms with Gasteiger partial charge in [0.1, 0.15) is 0 Å². The molecule has 1 amide bonds. The number of amides is 1. The summed E-state index contributed by atoms with van der Waals surface area (Å²) in [5.41, 5.74) is 0.997. The third-order valence-electron chi connectivity index (χ3n) is 4.53. The summed E-state index contributed by atoms with van der Waals surface area (Å²) in [5.74, 6) is -1.50. The van der Waals surface area contributed by atoms with Crippen LogP contribution in [-0.2, 0) is 24.2 Å². The van der Waals surface area contributed by atoms with Gasteiger partial charge in [0.15, 0.2) is 16.4 Å². The zero-order valence-electron chi connectivity index (χ0n) is 16.2. The fourth-order valence-corrected chi connectivity index (χ4v) is 3.74. The second-order valence-electron chi connectivity index (χ2n) is 6.70. The van der Waals surface area contributed by atoms with Gasteiger partial charge in [-0.25, -0.2) is 8.42 Å². The maximum Gasteiger partial charge on any atom is 0.314 e. The molecule has 0 saturated carbocycles. The highest BCUT2D eigenvalue weighted by molar-refractivity contribution is 7.90. The van der Waals surface area contributed by atoms with E-state index in [2.05, 4.69) is 5.32 Å². The number of carbonyl (C=O) groups excluding carboxylic acids is 2. The van der Waals surface area contributed by atoms with E-state index in [1.54, 1.807) is 12.1 Å². The quantitative estimate of drug-likeness (QED) is 0.682. The Morgan fingerprint density at radius 1 is 1.04 bits per heavy atom. The van der Waals surface area contributed by atoms with Crippen LogP contribution in [-0.4, -0.2) is 33.2 Å². The molecule has 2 aromatic carbocycles. The Labute approximate surface area is 165 Å². The van der Waals surface area contributed by atoms with E-state index in [0.717, 1.165) is 18.2 Å². The van der Waals surface area contributed by atoms with Crippen molar-refractivity contribution in [2.75, 3.05) is 18.2 Å². The minimum atomic E-state index is -3.50. The highest BCUT2D eigenvalue weighted by Crippen LogP contribution is 2.28. The van der Waals surface area contributed by atoms with Crippen LogP contribution in [0, 0.1) is 5.92 Å². The van der Waals surface area contributed by atoms with Crippen LogP contribution < -0.4 is 5.32 Å². The molecule has 0 bridgehead atoms. The monoisotopic (exact) mass is 403 g/mol. The van der Waals surface area contributed by atoms with Crippen LogP contribution in [0.15, 0.2) is 59.5 Å². The zero-order valence-corrected chi connectivity index (χ0v) is 17.0. The first-order chi connectivity index (χ1) is 13.2. The number of ether oxygens (including phenoxy) is 1. The van der Waals surface area contributed by atoms with Gasteiger partial charge in [-0.05, 0) is 23.6 Å². The van der Waals surface area contributed by atoms with E-state index in [-0.39, 0.29) is 16.5 Å².